The van der Waals surface area contributed by atoms with Crippen LogP contribution in [0, 0.1) is 11.3 Å². The largest absolute Gasteiger partial charge is 0.397 e. The molecule has 2 rings (SSSR count). The molecule has 0 radical (unpaired) electrons. The molecule has 2 N–H and O–H groups in total. The Bertz CT molecular complexity index is 555. The van der Waals surface area contributed by atoms with Crippen molar-refractivity contribution in [2.45, 2.75) is 58.5 Å². The van der Waals surface area contributed by atoms with E-state index in [2.05, 4.69) is 19.9 Å². The second-order valence-corrected chi connectivity index (χ2v) is 5.81. The van der Waals surface area contributed by atoms with Crippen LogP contribution in [-0.2, 0) is 17.8 Å². The minimum Gasteiger partial charge on any atom is -0.397 e. The number of carbonyl (C=O) groups is 1. The first-order valence-electron chi connectivity index (χ1n) is 7.76. The summed E-state index contributed by atoms with van der Waals surface area (Å²) in [7, 11) is 0. The fraction of sp³-hybridized carbons (Fsp3) is 0.625. The third-order valence-electron chi connectivity index (χ3n) is 4.26. The molecular formula is C16H24N4O. The van der Waals surface area contributed by atoms with Gasteiger partial charge in [-0.05, 0) is 38.7 Å². The van der Waals surface area contributed by atoms with Crippen LogP contribution in [0.1, 0.15) is 50.9 Å². The van der Waals surface area contributed by atoms with Gasteiger partial charge in [0, 0.05) is 18.3 Å². The summed E-state index contributed by atoms with van der Waals surface area (Å²) in [4.78, 5) is 14.5. The standard InChI is InChI=1S/C16H24N4O/c1-3-6-15-14(18)9-13(10-17)20(15)11-16(21)19-8-5-4-7-12(19)2/h9,12H,3-8,11,18H2,1-2H3. The molecule has 1 aromatic rings. The van der Waals surface area contributed by atoms with Gasteiger partial charge in [0.05, 0.1) is 5.69 Å². The van der Waals surface area contributed by atoms with Crippen molar-refractivity contribution < 1.29 is 4.79 Å². The normalized spacial score (nSPS) is 18.5. The highest BCUT2D eigenvalue weighted by atomic mass is 16.2. The molecule has 1 aliphatic rings. The van der Waals surface area contributed by atoms with Gasteiger partial charge < -0.3 is 15.2 Å². The summed E-state index contributed by atoms with van der Waals surface area (Å²) in [5.41, 5.74) is 8.00. The predicted octanol–water partition coefficient (Wildman–Crippen LogP) is 2.30. The number of nitrogen functional groups attached to an aromatic ring is 1. The summed E-state index contributed by atoms with van der Waals surface area (Å²) in [6.45, 7) is 5.21. The lowest BCUT2D eigenvalue weighted by molar-refractivity contribution is -0.135. The molecule has 1 amide bonds. The van der Waals surface area contributed by atoms with E-state index in [0.29, 0.717) is 17.4 Å². The molecule has 0 aliphatic carbocycles. The molecule has 114 valence electrons. The first-order valence-corrected chi connectivity index (χ1v) is 7.76. The minimum atomic E-state index is 0.0895. The van der Waals surface area contributed by atoms with Crippen LogP contribution in [0.25, 0.3) is 0 Å². The van der Waals surface area contributed by atoms with Gasteiger partial charge in [0.25, 0.3) is 0 Å². The highest BCUT2D eigenvalue weighted by Crippen LogP contribution is 2.22. The lowest BCUT2D eigenvalue weighted by Crippen LogP contribution is -2.43. The topological polar surface area (TPSA) is 75.0 Å². The van der Waals surface area contributed by atoms with Gasteiger partial charge in [0.15, 0.2) is 0 Å². The Labute approximate surface area is 126 Å². The predicted molar refractivity (Wildman–Crippen MR) is 82.6 cm³/mol. The number of aromatic nitrogens is 1. The molecule has 2 heterocycles. The van der Waals surface area contributed by atoms with Crippen LogP contribution in [-0.4, -0.2) is 28.0 Å². The van der Waals surface area contributed by atoms with E-state index >= 15 is 0 Å². The Morgan fingerprint density at radius 3 is 2.90 bits per heavy atom. The smallest absolute Gasteiger partial charge is 0.242 e. The molecule has 5 nitrogen and oxygen atoms in total. The Morgan fingerprint density at radius 1 is 1.52 bits per heavy atom. The number of nitrogens with two attached hydrogens (primary N) is 1. The number of nitriles is 1. The van der Waals surface area contributed by atoms with Crippen molar-refractivity contribution in [1.29, 1.82) is 5.26 Å². The van der Waals surface area contributed by atoms with Crippen molar-refractivity contribution in [1.82, 2.24) is 9.47 Å². The molecule has 1 unspecified atom stereocenters. The summed E-state index contributed by atoms with van der Waals surface area (Å²) in [6, 6.07) is 4.12. The zero-order valence-electron chi connectivity index (χ0n) is 12.9. The second kappa shape index (κ2) is 6.66. The molecule has 1 aromatic heterocycles. The molecule has 0 saturated carbocycles. The molecule has 0 aromatic carbocycles. The molecule has 1 aliphatic heterocycles. The summed E-state index contributed by atoms with van der Waals surface area (Å²) < 4.78 is 1.79. The summed E-state index contributed by atoms with van der Waals surface area (Å²) >= 11 is 0. The van der Waals surface area contributed by atoms with E-state index in [1.54, 1.807) is 10.6 Å². The average Bonchev–Trinajstić information content (AvgIpc) is 2.76. The molecule has 0 bridgehead atoms. The zero-order chi connectivity index (χ0) is 15.4. The van der Waals surface area contributed by atoms with E-state index in [1.807, 2.05) is 4.90 Å². The van der Waals surface area contributed by atoms with Crippen molar-refractivity contribution in [3.05, 3.63) is 17.5 Å². The Hall–Kier alpha value is -1.96. The fourth-order valence-electron chi connectivity index (χ4n) is 3.09. The van der Waals surface area contributed by atoms with Crippen LogP contribution in [0.15, 0.2) is 6.07 Å². The van der Waals surface area contributed by atoms with Gasteiger partial charge in [-0.15, -0.1) is 0 Å². The van der Waals surface area contributed by atoms with Gasteiger partial charge in [0.2, 0.25) is 5.91 Å². The van der Waals surface area contributed by atoms with Gasteiger partial charge in [-0.1, -0.05) is 13.3 Å². The summed E-state index contributed by atoms with van der Waals surface area (Å²) in [5, 5.41) is 9.25. The number of piperidine rings is 1. The van der Waals surface area contributed by atoms with Gasteiger partial charge in [-0.25, -0.2) is 0 Å². The molecule has 1 atom stereocenters. The Balaban J connectivity index is 2.22. The molecule has 1 saturated heterocycles. The summed E-state index contributed by atoms with van der Waals surface area (Å²) in [6.07, 6.45) is 5.04. The molecule has 1 fully saturated rings. The van der Waals surface area contributed by atoms with Gasteiger partial charge >= 0.3 is 0 Å². The number of anilines is 1. The van der Waals surface area contributed by atoms with E-state index in [-0.39, 0.29) is 12.5 Å². The van der Waals surface area contributed by atoms with Gasteiger partial charge in [-0.2, -0.15) is 5.26 Å². The monoisotopic (exact) mass is 288 g/mol. The number of nitrogens with zero attached hydrogens (tertiary/aromatic N) is 3. The van der Waals surface area contributed by atoms with Crippen LogP contribution in [0.2, 0.25) is 0 Å². The molecule has 5 heteroatoms. The number of hydrogen-bond acceptors (Lipinski definition) is 3. The fourth-order valence-corrected chi connectivity index (χ4v) is 3.09. The SMILES string of the molecule is CCCc1c(N)cc(C#N)n1CC(=O)N1CCCCC1C. The van der Waals surface area contributed by atoms with E-state index in [4.69, 9.17) is 5.73 Å². The van der Waals surface area contributed by atoms with Crippen molar-refractivity contribution >= 4 is 11.6 Å². The van der Waals surface area contributed by atoms with Gasteiger partial charge in [-0.3, -0.25) is 4.79 Å². The van der Waals surface area contributed by atoms with Crippen LogP contribution >= 0.6 is 0 Å². The minimum absolute atomic E-state index is 0.0895. The van der Waals surface area contributed by atoms with Crippen molar-refractivity contribution in [2.75, 3.05) is 12.3 Å². The van der Waals surface area contributed by atoms with Crippen molar-refractivity contribution in [3.63, 3.8) is 0 Å². The average molecular weight is 288 g/mol. The number of hydrogen-bond donors (Lipinski definition) is 1. The number of rotatable bonds is 4. The third-order valence-corrected chi connectivity index (χ3v) is 4.26. The lowest BCUT2D eigenvalue weighted by atomic mass is 10.0. The van der Waals surface area contributed by atoms with E-state index in [9.17, 15) is 10.1 Å². The molecular weight excluding hydrogens is 264 g/mol. The number of carbonyl (C=O) groups excluding carboxylic acids is 1. The molecule has 21 heavy (non-hydrogen) atoms. The Morgan fingerprint density at radius 2 is 2.29 bits per heavy atom. The van der Waals surface area contributed by atoms with E-state index in [1.165, 1.54) is 6.42 Å². The first-order chi connectivity index (χ1) is 10.1. The van der Waals surface area contributed by atoms with Crippen LogP contribution in [0.4, 0.5) is 5.69 Å². The number of amides is 1. The van der Waals surface area contributed by atoms with E-state index < -0.39 is 0 Å². The highest BCUT2D eigenvalue weighted by molar-refractivity contribution is 5.77. The van der Waals surface area contributed by atoms with Crippen molar-refractivity contribution in [2.24, 2.45) is 0 Å². The Kier molecular flexibility index (Phi) is 4.89. The maximum absolute atomic E-state index is 12.6. The van der Waals surface area contributed by atoms with E-state index in [0.717, 1.165) is 37.9 Å². The first kappa shape index (κ1) is 15.4. The van der Waals surface area contributed by atoms with Gasteiger partial charge in [0.1, 0.15) is 18.3 Å². The summed E-state index contributed by atoms with van der Waals surface area (Å²) in [5.74, 6) is 0.0895. The highest BCUT2D eigenvalue weighted by Gasteiger charge is 2.24. The maximum atomic E-state index is 12.6. The quantitative estimate of drug-likeness (QED) is 0.923. The third kappa shape index (κ3) is 3.21. The zero-order valence-corrected chi connectivity index (χ0v) is 12.9. The van der Waals surface area contributed by atoms with Crippen LogP contribution < -0.4 is 5.73 Å². The van der Waals surface area contributed by atoms with Crippen molar-refractivity contribution in [3.8, 4) is 6.07 Å². The molecule has 0 spiro atoms. The van der Waals surface area contributed by atoms with Crippen LogP contribution in [0.5, 0.6) is 0 Å². The van der Waals surface area contributed by atoms with Crippen LogP contribution in [0.3, 0.4) is 0 Å². The lowest BCUT2D eigenvalue weighted by Gasteiger charge is -2.33. The maximum Gasteiger partial charge on any atom is 0.242 e. The number of likely N-dealkylation sites (tertiary alicyclic amines) is 1. The second-order valence-electron chi connectivity index (χ2n) is 5.81.